The van der Waals surface area contributed by atoms with Gasteiger partial charge in [0.05, 0.1) is 6.54 Å². The first kappa shape index (κ1) is 15.3. The number of rotatable bonds is 6. The largest absolute Gasteiger partial charge is 0.480 e. The second-order valence-electron chi connectivity index (χ2n) is 4.02. The van der Waals surface area contributed by atoms with Crippen molar-refractivity contribution in [2.75, 3.05) is 19.6 Å². The Morgan fingerprint density at radius 1 is 1.41 bits per heavy atom. The zero-order valence-corrected chi connectivity index (χ0v) is 10.6. The summed E-state index contributed by atoms with van der Waals surface area (Å²) in [6.45, 7) is 5.99. The Kier molecular flexibility index (Phi) is 6.80. The number of urea groups is 1. The zero-order valence-electron chi connectivity index (χ0n) is 10.6. The Labute approximate surface area is 102 Å². The van der Waals surface area contributed by atoms with Crippen LogP contribution in [0.2, 0.25) is 0 Å². The summed E-state index contributed by atoms with van der Waals surface area (Å²) in [5, 5.41) is 8.73. The van der Waals surface area contributed by atoms with Gasteiger partial charge in [-0.1, -0.05) is 12.8 Å². The molecule has 0 aromatic rings. The molecule has 1 N–H and O–H groups in total. The highest BCUT2D eigenvalue weighted by atomic mass is 16.4. The van der Waals surface area contributed by atoms with Crippen molar-refractivity contribution in [2.24, 2.45) is 0 Å². The molecule has 0 aromatic heterocycles. The van der Waals surface area contributed by atoms with Crippen LogP contribution in [0.25, 0.3) is 0 Å². The third-order valence-electron chi connectivity index (χ3n) is 2.21. The van der Waals surface area contributed by atoms with Crippen molar-refractivity contribution in [2.45, 2.75) is 33.2 Å². The number of carboxylic acid groups (broad SMARTS) is 1. The number of carbonyl (C=O) groups excluding carboxylic acids is 1. The molecule has 5 nitrogen and oxygen atoms in total. The van der Waals surface area contributed by atoms with Gasteiger partial charge in [0.1, 0.15) is 6.54 Å². The fraction of sp³-hybridized carbons (Fsp3) is 0.667. The minimum absolute atomic E-state index is 0.0120. The van der Waals surface area contributed by atoms with Crippen molar-refractivity contribution in [1.82, 2.24) is 9.80 Å². The van der Waals surface area contributed by atoms with Crippen LogP contribution in [0.4, 0.5) is 4.79 Å². The van der Waals surface area contributed by atoms with Gasteiger partial charge in [-0.25, -0.2) is 4.79 Å². The third-order valence-corrected chi connectivity index (χ3v) is 2.21. The zero-order chi connectivity index (χ0) is 13.4. The lowest BCUT2D eigenvalue weighted by Gasteiger charge is -2.31. The van der Waals surface area contributed by atoms with E-state index in [1.807, 2.05) is 20.8 Å². The van der Waals surface area contributed by atoms with Crippen LogP contribution >= 0.6 is 0 Å². The van der Waals surface area contributed by atoms with Crippen LogP contribution in [0, 0.1) is 12.3 Å². The van der Waals surface area contributed by atoms with E-state index < -0.39 is 5.97 Å². The predicted octanol–water partition coefficient (Wildman–Crippen LogP) is 1.25. The van der Waals surface area contributed by atoms with Crippen LogP contribution in [0.3, 0.4) is 0 Å². The normalized spacial score (nSPS) is 9.82. The van der Waals surface area contributed by atoms with Gasteiger partial charge in [0.25, 0.3) is 0 Å². The summed E-state index contributed by atoms with van der Waals surface area (Å²) in [7, 11) is 0. The van der Waals surface area contributed by atoms with Crippen LogP contribution in [-0.4, -0.2) is 52.6 Å². The first-order valence-corrected chi connectivity index (χ1v) is 5.64. The standard InChI is InChI=1S/C12H20N2O3/c1-5-7-13(9-11(15)16)12(17)14(8-6-2)10(3)4/h1,10H,6-9H2,2-4H3,(H,15,16). The summed E-state index contributed by atoms with van der Waals surface area (Å²) in [6.07, 6.45) is 5.96. The number of carboxylic acids is 1. The molecule has 0 radical (unpaired) electrons. The van der Waals surface area contributed by atoms with Crippen molar-refractivity contribution in [3.63, 3.8) is 0 Å². The first-order valence-electron chi connectivity index (χ1n) is 5.64. The molecule has 0 saturated carbocycles. The molecule has 0 bridgehead atoms. The topological polar surface area (TPSA) is 60.9 Å². The quantitative estimate of drug-likeness (QED) is 0.711. The number of carbonyl (C=O) groups is 2. The van der Waals surface area contributed by atoms with Gasteiger partial charge in [-0.05, 0) is 20.3 Å². The van der Waals surface area contributed by atoms with E-state index in [0.29, 0.717) is 6.54 Å². The molecule has 0 atom stereocenters. The SMILES string of the molecule is C#CCN(CC(=O)O)C(=O)N(CCC)C(C)C. The van der Waals surface area contributed by atoms with E-state index in [2.05, 4.69) is 5.92 Å². The smallest absolute Gasteiger partial charge is 0.323 e. The Balaban J connectivity index is 4.77. The molecule has 0 fully saturated rings. The Morgan fingerprint density at radius 3 is 2.35 bits per heavy atom. The number of nitrogens with zero attached hydrogens (tertiary/aromatic N) is 2. The van der Waals surface area contributed by atoms with Crippen molar-refractivity contribution in [3.8, 4) is 12.3 Å². The summed E-state index contributed by atoms with van der Waals surface area (Å²) in [4.78, 5) is 25.5. The monoisotopic (exact) mass is 240 g/mol. The maximum Gasteiger partial charge on any atom is 0.323 e. The van der Waals surface area contributed by atoms with Crippen LogP contribution < -0.4 is 0 Å². The predicted molar refractivity (Wildman–Crippen MR) is 65.6 cm³/mol. The van der Waals surface area contributed by atoms with E-state index in [1.54, 1.807) is 4.90 Å². The fourth-order valence-electron chi connectivity index (χ4n) is 1.46. The lowest BCUT2D eigenvalue weighted by Crippen LogP contribution is -2.48. The Morgan fingerprint density at radius 2 is 2.00 bits per heavy atom. The minimum atomic E-state index is -1.06. The highest BCUT2D eigenvalue weighted by Gasteiger charge is 2.23. The maximum atomic E-state index is 12.1. The molecule has 0 aromatic carbocycles. The number of hydrogen-bond donors (Lipinski definition) is 1. The Bertz CT molecular complexity index is 307. The molecule has 17 heavy (non-hydrogen) atoms. The third kappa shape index (κ3) is 5.25. The van der Waals surface area contributed by atoms with Gasteiger partial charge in [-0.2, -0.15) is 0 Å². The Hall–Kier alpha value is -1.70. The summed E-state index contributed by atoms with van der Waals surface area (Å²) >= 11 is 0. The highest BCUT2D eigenvalue weighted by Crippen LogP contribution is 2.05. The first-order chi connectivity index (χ1) is 7.93. The average Bonchev–Trinajstić information content (AvgIpc) is 2.23. The van der Waals surface area contributed by atoms with Gasteiger partial charge in [-0.15, -0.1) is 6.42 Å². The van der Waals surface area contributed by atoms with Gasteiger partial charge >= 0.3 is 12.0 Å². The maximum absolute atomic E-state index is 12.1. The molecule has 2 amide bonds. The molecule has 0 aliphatic carbocycles. The van der Waals surface area contributed by atoms with Crippen molar-refractivity contribution >= 4 is 12.0 Å². The lowest BCUT2D eigenvalue weighted by molar-refractivity contribution is -0.137. The summed E-state index contributed by atoms with van der Waals surface area (Å²) in [6, 6.07) is -0.293. The van der Waals surface area contributed by atoms with Gasteiger partial charge < -0.3 is 14.9 Å². The van der Waals surface area contributed by atoms with Crippen LogP contribution in [0.15, 0.2) is 0 Å². The summed E-state index contributed by atoms with van der Waals surface area (Å²) < 4.78 is 0. The van der Waals surface area contributed by atoms with Crippen molar-refractivity contribution in [1.29, 1.82) is 0 Å². The number of aliphatic carboxylic acids is 1. The lowest BCUT2D eigenvalue weighted by atomic mass is 10.3. The van der Waals surface area contributed by atoms with E-state index in [0.717, 1.165) is 11.3 Å². The summed E-state index contributed by atoms with van der Waals surface area (Å²) in [5.41, 5.74) is 0. The average molecular weight is 240 g/mol. The second-order valence-corrected chi connectivity index (χ2v) is 4.02. The number of hydrogen-bond acceptors (Lipinski definition) is 2. The molecule has 0 aliphatic rings. The van der Waals surface area contributed by atoms with E-state index in [4.69, 9.17) is 11.5 Å². The fourth-order valence-corrected chi connectivity index (χ4v) is 1.46. The molecule has 0 heterocycles. The molecule has 0 unspecified atom stereocenters. The molecular formula is C12H20N2O3. The van der Waals surface area contributed by atoms with E-state index in [1.165, 1.54) is 0 Å². The van der Waals surface area contributed by atoms with E-state index in [-0.39, 0.29) is 25.2 Å². The highest BCUT2D eigenvalue weighted by molar-refractivity contribution is 5.80. The molecule has 0 saturated heterocycles. The minimum Gasteiger partial charge on any atom is -0.480 e. The van der Waals surface area contributed by atoms with Gasteiger partial charge in [-0.3, -0.25) is 4.79 Å². The second kappa shape index (κ2) is 7.55. The van der Waals surface area contributed by atoms with Crippen LogP contribution in [0.5, 0.6) is 0 Å². The van der Waals surface area contributed by atoms with Gasteiger partial charge in [0, 0.05) is 12.6 Å². The molecule has 0 rings (SSSR count). The van der Waals surface area contributed by atoms with Crippen LogP contribution in [-0.2, 0) is 4.79 Å². The van der Waals surface area contributed by atoms with Crippen LogP contribution in [0.1, 0.15) is 27.2 Å². The van der Waals surface area contributed by atoms with E-state index >= 15 is 0 Å². The molecular weight excluding hydrogens is 220 g/mol. The number of amides is 2. The summed E-state index contributed by atoms with van der Waals surface area (Å²) in [5.74, 6) is 1.24. The van der Waals surface area contributed by atoms with Crippen molar-refractivity contribution < 1.29 is 14.7 Å². The molecule has 0 spiro atoms. The van der Waals surface area contributed by atoms with Gasteiger partial charge in [0.2, 0.25) is 0 Å². The number of terminal acetylenes is 1. The van der Waals surface area contributed by atoms with Crippen molar-refractivity contribution in [3.05, 3.63) is 0 Å². The van der Waals surface area contributed by atoms with E-state index in [9.17, 15) is 9.59 Å². The van der Waals surface area contributed by atoms with Gasteiger partial charge in [0.15, 0.2) is 0 Å². The molecule has 0 aliphatic heterocycles. The molecule has 96 valence electrons. The molecule has 5 heteroatoms.